The number of pyridine rings is 2. The van der Waals surface area contributed by atoms with Crippen LogP contribution in [-0.2, 0) is 0 Å². The van der Waals surface area contributed by atoms with Gasteiger partial charge in [-0.1, -0.05) is 23.7 Å². The number of hydrogen-bond donors (Lipinski definition) is 4. The lowest BCUT2D eigenvalue weighted by Gasteiger charge is -2.28. The molecule has 0 radical (unpaired) electrons. The first-order chi connectivity index (χ1) is 16.9. The number of carbonyl (C=O) groups is 2. The number of aliphatic hydroxyl groups is 1. The van der Waals surface area contributed by atoms with Gasteiger partial charge < -0.3 is 25.7 Å². The molecule has 2 amide bonds. The van der Waals surface area contributed by atoms with E-state index in [2.05, 4.69) is 26.7 Å². The average Bonchev–Trinajstić information content (AvgIpc) is 3.26. The minimum atomic E-state index is -1.16. The van der Waals surface area contributed by atoms with E-state index in [0.717, 1.165) is 0 Å². The number of aromatic nitrogens is 2. The predicted molar refractivity (Wildman–Crippen MR) is 129 cm³/mol. The highest BCUT2D eigenvalue weighted by atomic mass is 35.5. The molecule has 11 heteroatoms. The van der Waals surface area contributed by atoms with Gasteiger partial charge in [-0.2, -0.15) is 5.26 Å². The average molecular weight is 493 g/mol. The van der Waals surface area contributed by atoms with Crippen LogP contribution in [0.25, 0.3) is 11.1 Å². The van der Waals surface area contributed by atoms with Crippen molar-refractivity contribution in [3.63, 3.8) is 0 Å². The van der Waals surface area contributed by atoms with Gasteiger partial charge in [0.15, 0.2) is 0 Å². The molecule has 3 heterocycles. The first-order valence-electron chi connectivity index (χ1n) is 10.7. The number of nitrogens with zero attached hydrogens (tertiary/aromatic N) is 4. The standard InChI is InChI=1S/C24H21ClN6O4/c25-22-3-1-2-20(29-22)23(33)30-19-5-4-14(18-11-27-7-6-15(18)10-26)8-21(19)31-12-16(28-24(34)35)9-17(31)13-32/h1-8,11,16-17,28,32H,9,12-13H2,(H,30,33)(H,34,35)/t16-,17-/m0/s1. The molecule has 178 valence electrons. The maximum absolute atomic E-state index is 12.9. The summed E-state index contributed by atoms with van der Waals surface area (Å²) in [6.45, 7) is 0.0546. The van der Waals surface area contributed by atoms with Crippen molar-refractivity contribution in [2.24, 2.45) is 0 Å². The molecule has 1 fully saturated rings. The number of nitriles is 1. The van der Waals surface area contributed by atoms with E-state index >= 15 is 0 Å². The second kappa shape index (κ2) is 10.4. The molecule has 0 bridgehead atoms. The molecule has 0 saturated carbocycles. The third-order valence-corrected chi connectivity index (χ3v) is 5.92. The Labute approximate surface area is 205 Å². The van der Waals surface area contributed by atoms with Crippen molar-refractivity contribution in [2.45, 2.75) is 18.5 Å². The minimum Gasteiger partial charge on any atom is -0.465 e. The fourth-order valence-corrected chi connectivity index (χ4v) is 4.31. The lowest BCUT2D eigenvalue weighted by Crippen LogP contribution is -2.36. The fraction of sp³-hybridized carbons (Fsp3) is 0.208. The van der Waals surface area contributed by atoms with Crippen molar-refractivity contribution in [3.05, 3.63) is 71.3 Å². The molecule has 1 saturated heterocycles. The van der Waals surface area contributed by atoms with Crippen molar-refractivity contribution >= 4 is 35.0 Å². The molecule has 4 N–H and O–H groups in total. The molecule has 0 spiro atoms. The highest BCUT2D eigenvalue weighted by Gasteiger charge is 2.34. The largest absolute Gasteiger partial charge is 0.465 e. The zero-order valence-electron chi connectivity index (χ0n) is 18.3. The summed E-state index contributed by atoms with van der Waals surface area (Å²) in [7, 11) is 0. The summed E-state index contributed by atoms with van der Waals surface area (Å²) in [5.41, 5.74) is 2.81. The third kappa shape index (κ3) is 5.32. The summed E-state index contributed by atoms with van der Waals surface area (Å²) in [5.74, 6) is -0.486. The van der Waals surface area contributed by atoms with Gasteiger partial charge in [-0.05, 0) is 42.3 Å². The molecule has 0 aliphatic carbocycles. The maximum Gasteiger partial charge on any atom is 0.404 e. The summed E-state index contributed by atoms with van der Waals surface area (Å²) in [6, 6.07) is 12.9. The number of carboxylic acid groups (broad SMARTS) is 1. The SMILES string of the molecule is N#Cc1ccncc1-c1ccc(NC(=O)c2cccc(Cl)n2)c(N2C[C@@H](NC(=O)O)C[C@H]2CO)c1. The van der Waals surface area contributed by atoms with E-state index in [9.17, 15) is 20.0 Å². The van der Waals surface area contributed by atoms with Crippen LogP contribution in [-0.4, -0.2) is 57.4 Å². The lowest BCUT2D eigenvalue weighted by atomic mass is 10.0. The first kappa shape index (κ1) is 23.9. The highest BCUT2D eigenvalue weighted by Crippen LogP contribution is 2.37. The Morgan fingerprint density at radius 1 is 1.26 bits per heavy atom. The molecule has 3 aromatic rings. The quantitative estimate of drug-likeness (QED) is 0.383. The Balaban J connectivity index is 1.76. The molecule has 10 nitrogen and oxygen atoms in total. The minimum absolute atomic E-state index is 0.122. The van der Waals surface area contributed by atoms with E-state index in [1.165, 1.54) is 12.3 Å². The number of anilines is 2. The number of aliphatic hydroxyl groups excluding tert-OH is 1. The van der Waals surface area contributed by atoms with Crippen molar-refractivity contribution in [1.29, 1.82) is 5.26 Å². The van der Waals surface area contributed by atoms with Gasteiger partial charge in [-0.25, -0.2) is 9.78 Å². The summed E-state index contributed by atoms with van der Waals surface area (Å²) in [6.07, 6.45) is 2.33. The second-order valence-electron chi connectivity index (χ2n) is 7.94. The van der Waals surface area contributed by atoms with Gasteiger partial charge in [-0.3, -0.25) is 9.78 Å². The van der Waals surface area contributed by atoms with E-state index < -0.39 is 24.1 Å². The Morgan fingerprint density at radius 3 is 2.80 bits per heavy atom. The van der Waals surface area contributed by atoms with Crippen LogP contribution < -0.4 is 15.5 Å². The van der Waals surface area contributed by atoms with Crippen molar-refractivity contribution in [3.8, 4) is 17.2 Å². The number of benzene rings is 1. The number of amides is 2. The first-order valence-corrected chi connectivity index (χ1v) is 11.1. The molecule has 35 heavy (non-hydrogen) atoms. The molecular formula is C24H21ClN6O4. The number of nitrogens with one attached hydrogen (secondary N) is 2. The number of carbonyl (C=O) groups excluding carboxylic acids is 1. The topological polar surface area (TPSA) is 151 Å². The highest BCUT2D eigenvalue weighted by molar-refractivity contribution is 6.29. The van der Waals surface area contributed by atoms with E-state index in [1.54, 1.807) is 42.6 Å². The van der Waals surface area contributed by atoms with Crippen molar-refractivity contribution in [2.75, 3.05) is 23.4 Å². The van der Waals surface area contributed by atoms with Crippen LogP contribution in [0.3, 0.4) is 0 Å². The molecule has 2 aromatic heterocycles. The summed E-state index contributed by atoms with van der Waals surface area (Å²) < 4.78 is 0. The van der Waals surface area contributed by atoms with Crippen LogP contribution in [0.1, 0.15) is 22.5 Å². The van der Waals surface area contributed by atoms with Gasteiger partial charge in [-0.15, -0.1) is 0 Å². The van der Waals surface area contributed by atoms with Gasteiger partial charge in [0.1, 0.15) is 10.8 Å². The Hall–Kier alpha value is -4.20. The normalized spacial score (nSPS) is 17.0. The van der Waals surface area contributed by atoms with Crippen molar-refractivity contribution < 1.29 is 19.8 Å². The van der Waals surface area contributed by atoms with Gasteiger partial charge in [0, 0.05) is 24.5 Å². The van der Waals surface area contributed by atoms with Crippen LogP contribution in [0.5, 0.6) is 0 Å². The van der Waals surface area contributed by atoms with Gasteiger partial charge in [0.25, 0.3) is 5.91 Å². The van der Waals surface area contributed by atoms with E-state index in [0.29, 0.717) is 34.5 Å². The lowest BCUT2D eigenvalue weighted by molar-refractivity contribution is 0.102. The Bertz CT molecular complexity index is 1310. The van der Waals surface area contributed by atoms with Crippen LogP contribution in [0, 0.1) is 11.3 Å². The third-order valence-electron chi connectivity index (χ3n) is 5.71. The van der Waals surface area contributed by atoms with Crippen molar-refractivity contribution in [1.82, 2.24) is 15.3 Å². The molecule has 1 aliphatic rings. The van der Waals surface area contributed by atoms with Gasteiger partial charge in [0.2, 0.25) is 0 Å². The monoisotopic (exact) mass is 492 g/mol. The Morgan fingerprint density at radius 2 is 2.09 bits per heavy atom. The summed E-state index contributed by atoms with van der Waals surface area (Å²) in [5, 5.41) is 34.2. The molecule has 0 unspecified atom stereocenters. The smallest absolute Gasteiger partial charge is 0.404 e. The predicted octanol–water partition coefficient (Wildman–Crippen LogP) is 3.13. The fourth-order valence-electron chi connectivity index (χ4n) is 4.15. The van der Waals surface area contributed by atoms with Crippen LogP contribution in [0.4, 0.5) is 16.2 Å². The molecule has 1 aromatic carbocycles. The summed E-state index contributed by atoms with van der Waals surface area (Å²) in [4.78, 5) is 34.1. The molecule has 2 atom stereocenters. The molecule has 4 rings (SSSR count). The van der Waals surface area contributed by atoms with Crippen LogP contribution in [0.2, 0.25) is 5.15 Å². The van der Waals surface area contributed by atoms with E-state index in [1.807, 2.05) is 4.90 Å². The Kier molecular flexibility index (Phi) is 7.10. The number of halogens is 1. The van der Waals surface area contributed by atoms with E-state index in [4.69, 9.17) is 16.7 Å². The van der Waals surface area contributed by atoms with Crippen LogP contribution in [0.15, 0.2) is 54.9 Å². The molecular weight excluding hydrogens is 472 g/mol. The van der Waals surface area contributed by atoms with Gasteiger partial charge >= 0.3 is 6.09 Å². The number of hydrogen-bond acceptors (Lipinski definition) is 7. The van der Waals surface area contributed by atoms with Crippen LogP contribution >= 0.6 is 11.6 Å². The summed E-state index contributed by atoms with van der Waals surface area (Å²) >= 11 is 5.93. The number of rotatable bonds is 6. The maximum atomic E-state index is 12.9. The molecule has 1 aliphatic heterocycles. The zero-order valence-corrected chi connectivity index (χ0v) is 19.1. The van der Waals surface area contributed by atoms with E-state index in [-0.39, 0.29) is 24.0 Å². The second-order valence-corrected chi connectivity index (χ2v) is 8.32. The zero-order chi connectivity index (χ0) is 24.9. The van der Waals surface area contributed by atoms with Gasteiger partial charge in [0.05, 0.1) is 41.7 Å².